The second kappa shape index (κ2) is 5.74. The summed E-state index contributed by atoms with van der Waals surface area (Å²) in [4.78, 5) is 11.1. The molecule has 0 aliphatic carbocycles. The highest BCUT2D eigenvalue weighted by Crippen LogP contribution is 2.30. The molecule has 3 heteroatoms. The minimum atomic E-state index is -0.323. The van der Waals surface area contributed by atoms with E-state index in [9.17, 15) is 4.79 Å². The monoisotopic (exact) mass is 257 g/mol. The summed E-state index contributed by atoms with van der Waals surface area (Å²) in [5.41, 5.74) is 8.35. The summed E-state index contributed by atoms with van der Waals surface area (Å²) in [6.45, 7) is 0. The van der Waals surface area contributed by atoms with Crippen molar-refractivity contribution in [1.29, 1.82) is 0 Å². The van der Waals surface area contributed by atoms with Crippen molar-refractivity contribution in [2.24, 2.45) is 5.73 Å². The lowest BCUT2D eigenvalue weighted by Gasteiger charge is -2.15. The van der Waals surface area contributed by atoms with Crippen LogP contribution in [0.15, 0.2) is 54.6 Å². The lowest BCUT2D eigenvalue weighted by Crippen LogP contribution is -2.15. The summed E-state index contributed by atoms with van der Waals surface area (Å²) in [5, 5.41) is -0.0400. The third-order valence-corrected chi connectivity index (χ3v) is 3.41. The Morgan fingerprint density at radius 1 is 1.06 bits per heavy atom. The van der Waals surface area contributed by atoms with Crippen molar-refractivity contribution in [1.82, 2.24) is 0 Å². The van der Waals surface area contributed by atoms with Crippen LogP contribution in [0, 0.1) is 0 Å². The normalized spacial score (nSPS) is 12.1. The summed E-state index contributed by atoms with van der Waals surface area (Å²) in [7, 11) is 0. The van der Waals surface area contributed by atoms with Gasteiger partial charge in [0, 0.05) is 0 Å². The number of primary amides is 1. The lowest BCUT2D eigenvalue weighted by atomic mass is 9.97. The molecular weight excluding hydrogens is 242 g/mol. The molecule has 0 heterocycles. The molecule has 0 fully saturated rings. The molecule has 0 aliphatic rings. The molecule has 0 spiro atoms. The van der Waals surface area contributed by atoms with E-state index >= 15 is 0 Å². The van der Waals surface area contributed by atoms with Crippen molar-refractivity contribution in [2.45, 2.75) is 11.7 Å². The van der Waals surface area contributed by atoms with Gasteiger partial charge in [-0.15, -0.1) is 0 Å². The second-order valence-electron chi connectivity index (χ2n) is 4.16. The molecule has 2 rings (SSSR count). The van der Waals surface area contributed by atoms with Crippen molar-refractivity contribution in [2.75, 3.05) is 0 Å². The summed E-state index contributed by atoms with van der Waals surface area (Å²) < 4.78 is 0. The average molecular weight is 257 g/mol. The van der Waals surface area contributed by atoms with E-state index in [1.54, 1.807) is 0 Å². The van der Waals surface area contributed by atoms with E-state index in [4.69, 9.17) is 5.73 Å². The zero-order chi connectivity index (χ0) is 13.0. The van der Waals surface area contributed by atoms with E-state index in [2.05, 4.69) is 12.6 Å². The van der Waals surface area contributed by atoms with Gasteiger partial charge < -0.3 is 5.73 Å². The minimum Gasteiger partial charge on any atom is -0.369 e. The fraction of sp³-hybridized carbons (Fsp3) is 0.133. The first-order valence-corrected chi connectivity index (χ1v) is 6.29. The van der Waals surface area contributed by atoms with Gasteiger partial charge in [0.1, 0.15) is 0 Å². The van der Waals surface area contributed by atoms with Gasteiger partial charge in [0.05, 0.1) is 11.7 Å². The molecule has 2 aromatic carbocycles. The highest BCUT2D eigenvalue weighted by molar-refractivity contribution is 7.80. The fourth-order valence-corrected chi connectivity index (χ4v) is 2.39. The molecule has 1 amide bonds. The highest BCUT2D eigenvalue weighted by Gasteiger charge is 2.13. The molecule has 2 aromatic rings. The molecule has 1 atom stereocenters. The number of amides is 1. The van der Waals surface area contributed by atoms with Gasteiger partial charge in [-0.3, -0.25) is 4.79 Å². The summed E-state index contributed by atoms with van der Waals surface area (Å²) >= 11 is 4.65. The van der Waals surface area contributed by atoms with Crippen LogP contribution in [0.5, 0.6) is 0 Å². The van der Waals surface area contributed by atoms with Crippen LogP contribution in [0.1, 0.15) is 21.9 Å². The molecule has 0 aromatic heterocycles. The first kappa shape index (κ1) is 12.7. The number of benzene rings is 2. The van der Waals surface area contributed by atoms with E-state index in [1.165, 1.54) is 0 Å². The third-order valence-electron chi connectivity index (χ3n) is 2.83. The first-order valence-electron chi connectivity index (χ1n) is 5.77. The molecule has 2 N–H and O–H groups in total. The Morgan fingerprint density at radius 2 is 1.67 bits per heavy atom. The van der Waals surface area contributed by atoms with Gasteiger partial charge in [0.25, 0.3) is 0 Å². The second-order valence-corrected chi connectivity index (χ2v) is 4.67. The van der Waals surface area contributed by atoms with Crippen LogP contribution in [0.4, 0.5) is 0 Å². The Kier molecular flexibility index (Phi) is 4.05. The van der Waals surface area contributed by atoms with Crippen molar-refractivity contribution in [3.63, 3.8) is 0 Å². The van der Waals surface area contributed by atoms with Crippen LogP contribution in [0.3, 0.4) is 0 Å². The number of nitrogens with two attached hydrogens (primary N) is 1. The van der Waals surface area contributed by atoms with Crippen LogP contribution < -0.4 is 5.73 Å². The molecule has 0 saturated heterocycles. The molecule has 18 heavy (non-hydrogen) atoms. The van der Waals surface area contributed by atoms with Crippen molar-refractivity contribution >= 4 is 18.5 Å². The van der Waals surface area contributed by atoms with Gasteiger partial charge >= 0.3 is 0 Å². The molecule has 0 bridgehead atoms. The molecule has 92 valence electrons. The van der Waals surface area contributed by atoms with Gasteiger partial charge in [-0.25, -0.2) is 0 Å². The molecule has 2 nitrogen and oxygen atoms in total. The van der Waals surface area contributed by atoms with Gasteiger partial charge in [-0.2, -0.15) is 12.6 Å². The van der Waals surface area contributed by atoms with E-state index in [1.807, 2.05) is 54.6 Å². The molecule has 0 aliphatic heterocycles. The van der Waals surface area contributed by atoms with Gasteiger partial charge in [0.15, 0.2) is 0 Å². The molecular formula is C15H15NOS. The SMILES string of the molecule is NC(=O)Cc1ccccc1C(S)c1ccccc1. The maximum absolute atomic E-state index is 11.1. The number of hydrogen-bond acceptors (Lipinski definition) is 2. The minimum absolute atomic E-state index is 0.0400. The van der Waals surface area contributed by atoms with Crippen molar-refractivity contribution < 1.29 is 4.79 Å². The summed E-state index contributed by atoms with van der Waals surface area (Å²) in [6.07, 6.45) is 0.250. The zero-order valence-electron chi connectivity index (χ0n) is 9.91. The maximum Gasteiger partial charge on any atom is 0.221 e. The fourth-order valence-electron chi connectivity index (χ4n) is 1.96. The number of carbonyl (C=O) groups is 1. The van der Waals surface area contributed by atoms with Crippen LogP contribution in [0.25, 0.3) is 0 Å². The first-order chi connectivity index (χ1) is 8.68. The maximum atomic E-state index is 11.1. The van der Waals surface area contributed by atoms with Gasteiger partial charge in [0.2, 0.25) is 5.91 Å². The van der Waals surface area contributed by atoms with E-state index < -0.39 is 0 Å². The average Bonchev–Trinajstić information content (AvgIpc) is 2.39. The van der Waals surface area contributed by atoms with E-state index in [0.29, 0.717) is 0 Å². The van der Waals surface area contributed by atoms with Crippen LogP contribution in [-0.2, 0) is 11.2 Å². The predicted octanol–water partition coefficient (Wildman–Crippen LogP) is 2.73. The lowest BCUT2D eigenvalue weighted by molar-refractivity contribution is -0.117. The van der Waals surface area contributed by atoms with Crippen molar-refractivity contribution in [3.8, 4) is 0 Å². The van der Waals surface area contributed by atoms with Crippen LogP contribution >= 0.6 is 12.6 Å². The molecule has 1 unspecified atom stereocenters. The Bertz CT molecular complexity index is 539. The number of hydrogen-bond donors (Lipinski definition) is 2. The standard InChI is InChI=1S/C15H15NOS/c16-14(17)10-12-8-4-5-9-13(12)15(18)11-6-2-1-3-7-11/h1-9,15,18H,10H2,(H2,16,17). The number of carbonyl (C=O) groups excluding carboxylic acids is 1. The third kappa shape index (κ3) is 2.93. The topological polar surface area (TPSA) is 43.1 Å². The van der Waals surface area contributed by atoms with Crippen LogP contribution in [0.2, 0.25) is 0 Å². The summed E-state index contributed by atoms with van der Waals surface area (Å²) in [5.74, 6) is -0.323. The predicted molar refractivity (Wildman–Crippen MR) is 76.6 cm³/mol. The van der Waals surface area contributed by atoms with Gasteiger partial charge in [-0.05, 0) is 16.7 Å². The Morgan fingerprint density at radius 3 is 2.33 bits per heavy atom. The summed E-state index contributed by atoms with van der Waals surface area (Å²) in [6, 6.07) is 17.8. The number of rotatable bonds is 4. The van der Waals surface area contributed by atoms with E-state index in [0.717, 1.165) is 16.7 Å². The Labute approximate surface area is 112 Å². The van der Waals surface area contributed by atoms with Crippen molar-refractivity contribution in [3.05, 3.63) is 71.3 Å². The zero-order valence-corrected chi connectivity index (χ0v) is 10.8. The van der Waals surface area contributed by atoms with E-state index in [-0.39, 0.29) is 17.6 Å². The molecule has 0 radical (unpaired) electrons. The molecule has 0 saturated carbocycles. The Balaban J connectivity index is 2.36. The quantitative estimate of drug-likeness (QED) is 0.813. The number of thiol groups is 1. The van der Waals surface area contributed by atoms with Gasteiger partial charge in [-0.1, -0.05) is 54.6 Å². The highest BCUT2D eigenvalue weighted by atomic mass is 32.1. The Hall–Kier alpha value is -1.74. The largest absolute Gasteiger partial charge is 0.369 e. The smallest absolute Gasteiger partial charge is 0.221 e. The van der Waals surface area contributed by atoms with Crippen LogP contribution in [-0.4, -0.2) is 5.91 Å².